The van der Waals surface area contributed by atoms with Crippen LogP contribution < -0.4 is 27.0 Å². The number of amides is 3. The quantitative estimate of drug-likeness (QED) is 0.0542. The molecule has 91 heavy (non-hydrogen) atoms. The number of ether oxygens (including phenoxy) is 6. The number of ketones is 2. The van der Waals surface area contributed by atoms with Gasteiger partial charge in [-0.15, -0.1) is 0 Å². The van der Waals surface area contributed by atoms with Crippen LogP contribution in [0.2, 0.25) is 0 Å². The first-order valence-electron chi connectivity index (χ1n) is 31.7. The van der Waals surface area contributed by atoms with Crippen LogP contribution in [0.1, 0.15) is 139 Å². The number of phenols is 1. The molecular formula is C64H99N5O22. The Labute approximate surface area is 530 Å². The Kier molecular flexibility index (Phi) is 22.8. The average Bonchev–Trinajstić information content (AvgIpc) is 0.701. The number of primary amides is 1. The van der Waals surface area contributed by atoms with E-state index >= 15 is 0 Å². The number of aliphatic hydroxyl groups is 9. The van der Waals surface area contributed by atoms with Crippen molar-refractivity contribution in [2.75, 3.05) is 33.3 Å². The van der Waals surface area contributed by atoms with Crippen molar-refractivity contribution in [2.45, 2.75) is 230 Å². The first kappa shape index (κ1) is 73.2. The van der Waals surface area contributed by atoms with Crippen molar-refractivity contribution in [3.05, 3.63) is 46.2 Å². The Morgan fingerprint density at radius 3 is 1.98 bits per heavy atom. The number of cyclic esters (lactones) is 1. The van der Waals surface area contributed by atoms with Gasteiger partial charge in [-0.3, -0.25) is 28.8 Å². The molecule has 1 aromatic rings. The fourth-order valence-corrected chi connectivity index (χ4v) is 15.2. The molecular weight excluding hydrogens is 1190 g/mol. The van der Waals surface area contributed by atoms with Gasteiger partial charge < -0.3 is 106 Å². The summed E-state index contributed by atoms with van der Waals surface area (Å²) >= 11 is 0. The molecule has 6 aliphatic rings. The number of fused-ring (bicyclic) bond motifs is 3. The predicted molar refractivity (Wildman–Crippen MR) is 324 cm³/mol. The highest BCUT2D eigenvalue weighted by Crippen LogP contribution is 2.57. The maximum atomic E-state index is 14.6. The van der Waals surface area contributed by atoms with Crippen LogP contribution in [0.25, 0.3) is 5.76 Å². The number of aromatic hydroxyl groups is 1. The monoisotopic (exact) mass is 1290 g/mol. The van der Waals surface area contributed by atoms with Gasteiger partial charge in [-0.1, -0.05) is 46.8 Å². The van der Waals surface area contributed by atoms with Gasteiger partial charge in [-0.2, -0.15) is 0 Å². The number of methoxy groups -OCH3 is 1. The Hall–Kier alpha value is -5.24. The summed E-state index contributed by atoms with van der Waals surface area (Å²) in [5.41, 5.74) is -6.35. The number of hydrogen-bond donors (Lipinski definition) is 15. The standard InChI is InChI=1S/C64H99N5O22/c1-14-39-63(12,84)52(76)31(5)46(29(3)26-60(9,82)56(91-59-48(73)28(2)24-30(4)87-59)32(6)51(33(7)58(81)89-39)90-42-27-61(10,86-13)53(77)34(8)88-42)68-22-20-66-40(71)18-19-41(72)67-21-23-69-47-37-25-36-44(49(74)43-35(62(36,11)83)16-15-17-38(43)70)54(78)64(37,85)55(79)45(50(47)75)57(65)80/h15-17,28-34,36-37,39,42,46-48,51-53,56,59,68-70,73-74,76-77,79,82-85H,14,18-27H2,1-13H3,(H2,65,80)(H,66,71)(H,67,72)/t28?,29-,30?,31+,32+,33-,34?,36+,37+,39-,42?,46+,47?,48?,51+,52-,53?,56-,59?,60-,61?,62-,63-,64+/m1/s1. The molecule has 0 spiro atoms. The smallest absolute Gasteiger partial charge is 0.311 e. The van der Waals surface area contributed by atoms with Crippen LogP contribution in [0, 0.1) is 41.4 Å². The lowest BCUT2D eigenvalue weighted by Gasteiger charge is -2.52. The summed E-state index contributed by atoms with van der Waals surface area (Å²) in [4.78, 5) is 81.8. The second-order valence-electron chi connectivity index (χ2n) is 27.3. The molecule has 27 nitrogen and oxygen atoms in total. The van der Waals surface area contributed by atoms with Crippen LogP contribution >= 0.6 is 0 Å². The number of carbonyl (C=O) groups is 6. The predicted octanol–water partition coefficient (Wildman–Crippen LogP) is 0.564. The van der Waals surface area contributed by atoms with Gasteiger partial charge in [0.1, 0.15) is 46.8 Å². The molecule has 3 aliphatic heterocycles. The summed E-state index contributed by atoms with van der Waals surface area (Å²) < 4.78 is 37.8. The van der Waals surface area contributed by atoms with Crippen LogP contribution in [0.5, 0.6) is 5.75 Å². The van der Waals surface area contributed by atoms with Gasteiger partial charge in [0, 0.05) is 87.8 Å². The molecule has 3 aliphatic carbocycles. The number of nitrogens with two attached hydrogens (primary N) is 1. The fraction of sp³-hybridized carbons (Fsp3) is 0.750. The number of aliphatic hydroxyl groups excluding tert-OH is 5. The third-order valence-corrected chi connectivity index (χ3v) is 20.5. The first-order chi connectivity index (χ1) is 42.3. The van der Waals surface area contributed by atoms with Crippen LogP contribution in [0.4, 0.5) is 0 Å². The van der Waals surface area contributed by atoms with Gasteiger partial charge in [0.05, 0.1) is 64.8 Å². The van der Waals surface area contributed by atoms with E-state index in [0.29, 0.717) is 6.42 Å². The van der Waals surface area contributed by atoms with E-state index in [9.17, 15) is 79.8 Å². The minimum absolute atomic E-state index is 0.00273. The number of hydrogen-bond acceptors (Lipinski definition) is 24. The van der Waals surface area contributed by atoms with Crippen molar-refractivity contribution >= 4 is 41.0 Å². The zero-order valence-corrected chi connectivity index (χ0v) is 54.4. The summed E-state index contributed by atoms with van der Waals surface area (Å²) in [5.74, 6) is -15.0. The van der Waals surface area contributed by atoms with E-state index in [1.807, 2.05) is 20.8 Å². The summed E-state index contributed by atoms with van der Waals surface area (Å²) in [6, 6.07) is 1.70. The van der Waals surface area contributed by atoms with E-state index < -0.39 is 201 Å². The van der Waals surface area contributed by atoms with Crippen molar-refractivity contribution in [1.82, 2.24) is 21.3 Å². The van der Waals surface area contributed by atoms with E-state index in [2.05, 4.69) is 21.3 Å². The fourth-order valence-electron chi connectivity index (χ4n) is 15.2. The molecule has 16 N–H and O–H groups in total. The van der Waals surface area contributed by atoms with Crippen molar-refractivity contribution in [1.29, 1.82) is 0 Å². The van der Waals surface area contributed by atoms with E-state index in [1.54, 1.807) is 48.5 Å². The van der Waals surface area contributed by atoms with E-state index in [-0.39, 0.29) is 81.4 Å². The van der Waals surface area contributed by atoms with Crippen molar-refractivity contribution in [3.8, 4) is 5.75 Å². The van der Waals surface area contributed by atoms with E-state index in [4.69, 9.17) is 34.2 Å². The summed E-state index contributed by atoms with van der Waals surface area (Å²) in [6.45, 7) is 19.5. The Morgan fingerprint density at radius 1 is 0.769 bits per heavy atom. The minimum atomic E-state index is -3.01. The summed E-state index contributed by atoms with van der Waals surface area (Å²) in [5, 5.41) is 129. The van der Waals surface area contributed by atoms with Gasteiger partial charge in [0.25, 0.3) is 5.91 Å². The molecule has 3 heterocycles. The van der Waals surface area contributed by atoms with Gasteiger partial charge in [0.15, 0.2) is 24.0 Å². The van der Waals surface area contributed by atoms with Crippen molar-refractivity contribution in [2.24, 2.45) is 47.2 Å². The molecule has 4 fully saturated rings. The summed E-state index contributed by atoms with van der Waals surface area (Å²) in [7, 11) is 1.46. The van der Waals surface area contributed by atoms with E-state index in [1.165, 1.54) is 39.2 Å². The summed E-state index contributed by atoms with van der Waals surface area (Å²) in [6.07, 6.45) is -11.2. The minimum Gasteiger partial charge on any atom is -0.508 e. The molecule has 1 aromatic carbocycles. The van der Waals surface area contributed by atoms with Crippen molar-refractivity contribution < 1.29 is 108 Å². The Morgan fingerprint density at radius 2 is 1.38 bits per heavy atom. The highest BCUT2D eigenvalue weighted by Gasteiger charge is 2.66. The zero-order chi connectivity index (χ0) is 67.9. The van der Waals surface area contributed by atoms with Crippen LogP contribution in [-0.4, -0.2) is 216 Å². The van der Waals surface area contributed by atoms with Crippen LogP contribution in [-0.2, 0) is 62.8 Å². The maximum absolute atomic E-state index is 14.6. The molecule has 3 saturated heterocycles. The molecule has 1 saturated carbocycles. The SMILES string of the molecule is CC[C@H]1OC(=O)[C@H](C)[C@@H](OC2CC(C)(OC)C(O)C(C)O2)[C@H](C)[C@@H](OC2OC(C)CC(C)C2O)[C@](C)(O)C[C@@H](C)[C@H](NCCNC(=O)CCC(=O)NCCNC2C(=O)C(C(N)=O)=C(O)[C@@]3(O)C(=O)C4=C(O)c5c(O)cccc5[C@@](C)(O)[C@H]4C[C@@H]23)[C@H](C)[C@@H](O)[C@]1(C)O. The third kappa shape index (κ3) is 14.4. The average molecular weight is 1290 g/mol. The molecule has 9 unspecified atom stereocenters. The first-order valence-corrected chi connectivity index (χ1v) is 31.7. The topological polar surface area (TPSA) is 434 Å². The maximum Gasteiger partial charge on any atom is 0.311 e. The Balaban J connectivity index is 1.02. The highest BCUT2D eigenvalue weighted by molar-refractivity contribution is 6.24. The number of nitrogens with one attached hydrogen (secondary N) is 4. The number of Topliss-reactive ketones (excluding diaryl/α,β-unsaturated/α-hetero) is 2. The lowest BCUT2D eigenvalue weighted by Crippen LogP contribution is -2.67. The zero-order valence-electron chi connectivity index (χ0n) is 54.4. The molecule has 7 rings (SSSR count). The van der Waals surface area contributed by atoms with Gasteiger partial charge >= 0.3 is 5.97 Å². The van der Waals surface area contributed by atoms with Crippen LogP contribution in [0.3, 0.4) is 0 Å². The van der Waals surface area contributed by atoms with Gasteiger partial charge in [-0.05, 0) is 97.6 Å². The second-order valence-corrected chi connectivity index (χ2v) is 27.3. The van der Waals surface area contributed by atoms with Crippen LogP contribution in [0.15, 0.2) is 35.1 Å². The molecule has 0 radical (unpaired) electrons. The van der Waals surface area contributed by atoms with Gasteiger partial charge in [-0.25, -0.2) is 0 Å². The second kappa shape index (κ2) is 28.4. The van der Waals surface area contributed by atoms with Crippen molar-refractivity contribution in [3.63, 3.8) is 0 Å². The molecule has 3 amide bonds. The third-order valence-electron chi connectivity index (χ3n) is 20.5. The van der Waals surface area contributed by atoms with E-state index in [0.717, 1.165) is 0 Å². The number of phenolic OH excluding ortho intramolecular Hbond substituents is 1. The molecule has 0 bridgehead atoms. The molecule has 0 aromatic heterocycles. The lowest BCUT2D eigenvalue weighted by atomic mass is 9.54. The largest absolute Gasteiger partial charge is 0.508 e. The number of benzene rings is 1. The molecule has 27 heteroatoms. The molecule has 512 valence electrons. The Bertz CT molecular complexity index is 2920. The normalized spacial score (nSPS) is 41.7. The molecule has 24 atom stereocenters. The number of esters is 1. The number of rotatable bonds is 18. The van der Waals surface area contributed by atoms with Gasteiger partial charge in [0.2, 0.25) is 17.6 Å². The highest BCUT2D eigenvalue weighted by atomic mass is 16.7. The number of carbonyl (C=O) groups excluding carboxylic acids is 6. The lowest BCUT2D eigenvalue weighted by molar-refractivity contribution is -0.318.